The number of alkyl halides is 3. The van der Waals surface area contributed by atoms with Gasteiger partial charge < -0.3 is 25.3 Å². The lowest BCUT2D eigenvalue weighted by atomic mass is 9.92. The lowest BCUT2D eigenvalue weighted by molar-refractivity contribution is -0.168. The number of aromatic hydroxyl groups is 1. The van der Waals surface area contributed by atoms with Gasteiger partial charge in [0.1, 0.15) is 16.7 Å². The van der Waals surface area contributed by atoms with E-state index in [0.29, 0.717) is 11.1 Å². The van der Waals surface area contributed by atoms with Crippen LogP contribution in [0.4, 0.5) is 13.2 Å². The second kappa shape index (κ2) is 11.6. The molecule has 2 fully saturated rings. The fourth-order valence-electron chi connectivity index (χ4n) is 5.51. The Morgan fingerprint density at radius 3 is 2.37 bits per heavy atom. The molecule has 0 aliphatic carbocycles. The van der Waals surface area contributed by atoms with E-state index in [0.717, 1.165) is 17.7 Å². The van der Waals surface area contributed by atoms with Gasteiger partial charge in [0.25, 0.3) is 11.8 Å². The van der Waals surface area contributed by atoms with Crippen molar-refractivity contribution >= 4 is 29.5 Å². The molecule has 2 saturated heterocycles. The molecule has 3 aromatic carbocycles. The number of likely N-dealkylation sites (tertiary alicyclic amines) is 1. The number of fused-ring (bicyclic) bond motifs is 1. The quantitative estimate of drug-likeness (QED) is 0.331. The van der Waals surface area contributed by atoms with Crippen LogP contribution < -0.4 is 5.32 Å². The molecule has 0 saturated carbocycles. The van der Waals surface area contributed by atoms with Crippen molar-refractivity contribution in [2.24, 2.45) is 0 Å². The number of phenolic OH excluding ortho intramolecular Hbond substituents is 1. The van der Waals surface area contributed by atoms with E-state index in [1.807, 2.05) is 6.07 Å². The standard InChI is InChI=1S/C31H30F3N3O5S/c1-18-22(9-6-10-24(18)38)27(40)35-23(15-19-7-4-3-5-8-19)25(39)28(41)36-17-43-30(2)26(36)29(42)37(30)16-20-11-13-21(14-12-20)31(32,33)34/h3-14,23,25-26,38-39H,15-17H2,1-2H3,(H,35,40)/t23-,25-,26+,30?/m0/s1. The second-order valence-electron chi connectivity index (χ2n) is 10.8. The molecule has 226 valence electrons. The summed E-state index contributed by atoms with van der Waals surface area (Å²) in [6.45, 7) is 3.43. The summed E-state index contributed by atoms with van der Waals surface area (Å²) in [5, 5.41) is 24.1. The second-order valence-corrected chi connectivity index (χ2v) is 12.2. The Labute approximate surface area is 250 Å². The molecule has 3 amide bonds. The van der Waals surface area contributed by atoms with Crippen molar-refractivity contribution in [1.82, 2.24) is 15.1 Å². The number of hydrogen-bond donors (Lipinski definition) is 3. The molecule has 4 atom stereocenters. The van der Waals surface area contributed by atoms with Crippen LogP contribution in [0.25, 0.3) is 0 Å². The zero-order chi connectivity index (χ0) is 31.1. The molecule has 0 spiro atoms. The SMILES string of the molecule is Cc1c(O)cccc1C(=O)N[C@@H](Cc1ccccc1)[C@H](O)C(=O)N1CSC2(C)[C@H]1C(=O)N2Cc1ccc(C(F)(F)F)cc1. The Bertz CT molecular complexity index is 1540. The van der Waals surface area contributed by atoms with Crippen molar-refractivity contribution in [3.05, 3.63) is 101 Å². The minimum Gasteiger partial charge on any atom is -0.508 e. The van der Waals surface area contributed by atoms with Crippen molar-refractivity contribution in [1.29, 1.82) is 0 Å². The number of aliphatic hydroxyl groups excluding tert-OH is 1. The van der Waals surface area contributed by atoms with Gasteiger partial charge in [0.05, 0.1) is 17.5 Å². The number of nitrogens with zero attached hydrogens (tertiary/aromatic N) is 2. The first-order valence-electron chi connectivity index (χ1n) is 13.5. The first-order valence-corrected chi connectivity index (χ1v) is 14.5. The van der Waals surface area contributed by atoms with Gasteiger partial charge in [0.2, 0.25) is 5.91 Å². The molecule has 12 heteroatoms. The van der Waals surface area contributed by atoms with Crippen LogP contribution in [0.5, 0.6) is 5.75 Å². The summed E-state index contributed by atoms with van der Waals surface area (Å²) in [6, 6.07) is 16.1. The molecular formula is C31H30F3N3O5S. The number of aliphatic hydroxyl groups is 1. The van der Waals surface area contributed by atoms with Crippen LogP contribution in [0.1, 0.15) is 39.5 Å². The van der Waals surface area contributed by atoms with Gasteiger partial charge in [0, 0.05) is 17.7 Å². The summed E-state index contributed by atoms with van der Waals surface area (Å²) in [5.41, 5.74) is 1.02. The third-order valence-corrected chi connectivity index (χ3v) is 9.49. The van der Waals surface area contributed by atoms with Gasteiger partial charge in [0.15, 0.2) is 6.10 Å². The van der Waals surface area contributed by atoms with E-state index in [9.17, 15) is 37.8 Å². The molecule has 1 unspecified atom stereocenters. The van der Waals surface area contributed by atoms with Gasteiger partial charge in [-0.15, -0.1) is 11.8 Å². The Hall–Kier alpha value is -4.03. The van der Waals surface area contributed by atoms with Gasteiger partial charge in [-0.25, -0.2) is 0 Å². The van der Waals surface area contributed by atoms with Crippen LogP contribution in [0.15, 0.2) is 72.8 Å². The number of thioether (sulfide) groups is 1. The minimum absolute atomic E-state index is 0.0670. The molecule has 8 nitrogen and oxygen atoms in total. The number of halogens is 3. The number of nitrogens with one attached hydrogen (secondary N) is 1. The van der Waals surface area contributed by atoms with Crippen molar-refractivity contribution in [2.75, 3.05) is 5.88 Å². The Morgan fingerprint density at radius 2 is 1.72 bits per heavy atom. The summed E-state index contributed by atoms with van der Waals surface area (Å²) in [5.74, 6) is -1.65. The molecule has 43 heavy (non-hydrogen) atoms. The maximum atomic E-state index is 13.7. The zero-order valence-electron chi connectivity index (χ0n) is 23.3. The number of rotatable bonds is 8. The third kappa shape index (κ3) is 5.81. The van der Waals surface area contributed by atoms with E-state index in [-0.39, 0.29) is 36.1 Å². The molecule has 3 aromatic rings. The van der Waals surface area contributed by atoms with E-state index in [1.165, 1.54) is 51.9 Å². The fourth-order valence-corrected chi connectivity index (χ4v) is 6.88. The molecule has 5 rings (SSSR count). The summed E-state index contributed by atoms with van der Waals surface area (Å²) >= 11 is 1.32. The minimum atomic E-state index is -4.47. The number of carbonyl (C=O) groups is 3. The number of benzene rings is 3. The summed E-state index contributed by atoms with van der Waals surface area (Å²) < 4.78 is 38.9. The van der Waals surface area contributed by atoms with E-state index >= 15 is 0 Å². The molecule has 2 aliphatic rings. The predicted octanol–water partition coefficient (Wildman–Crippen LogP) is 4.08. The molecular weight excluding hydrogens is 583 g/mol. The average Bonchev–Trinajstić information content (AvgIpc) is 3.30. The Kier molecular flexibility index (Phi) is 8.19. The van der Waals surface area contributed by atoms with Gasteiger partial charge in [-0.1, -0.05) is 48.5 Å². The Balaban J connectivity index is 1.32. The topological polar surface area (TPSA) is 110 Å². The number of phenols is 1. The van der Waals surface area contributed by atoms with Gasteiger partial charge >= 0.3 is 6.18 Å². The molecule has 0 radical (unpaired) electrons. The largest absolute Gasteiger partial charge is 0.508 e. The van der Waals surface area contributed by atoms with Crippen molar-refractivity contribution in [2.45, 2.75) is 56.0 Å². The van der Waals surface area contributed by atoms with Crippen LogP contribution in [0.2, 0.25) is 0 Å². The molecule has 2 aliphatic heterocycles. The first kappa shape index (κ1) is 30.4. The zero-order valence-corrected chi connectivity index (χ0v) is 24.2. The van der Waals surface area contributed by atoms with Gasteiger partial charge in [-0.3, -0.25) is 14.4 Å². The van der Waals surface area contributed by atoms with Crippen LogP contribution >= 0.6 is 11.8 Å². The van der Waals surface area contributed by atoms with Crippen LogP contribution in [0.3, 0.4) is 0 Å². The van der Waals surface area contributed by atoms with Gasteiger partial charge in [-0.2, -0.15) is 13.2 Å². The monoisotopic (exact) mass is 613 g/mol. The normalized spacial score (nSPS) is 21.2. The van der Waals surface area contributed by atoms with E-state index in [2.05, 4.69) is 5.32 Å². The smallest absolute Gasteiger partial charge is 0.416 e. The highest BCUT2D eigenvalue weighted by Crippen LogP contribution is 2.51. The average molecular weight is 614 g/mol. The summed E-state index contributed by atoms with van der Waals surface area (Å²) in [6.07, 6.45) is -6.04. The van der Waals surface area contributed by atoms with E-state index in [1.54, 1.807) is 38.1 Å². The molecule has 2 heterocycles. The van der Waals surface area contributed by atoms with Crippen LogP contribution in [-0.4, -0.2) is 66.7 Å². The molecule has 0 aromatic heterocycles. The molecule has 0 bridgehead atoms. The maximum Gasteiger partial charge on any atom is 0.416 e. The van der Waals surface area contributed by atoms with Crippen molar-refractivity contribution in [3.63, 3.8) is 0 Å². The Morgan fingerprint density at radius 1 is 1.05 bits per heavy atom. The third-order valence-electron chi connectivity index (χ3n) is 8.05. The van der Waals surface area contributed by atoms with Crippen molar-refractivity contribution in [3.8, 4) is 5.75 Å². The highest BCUT2D eigenvalue weighted by molar-refractivity contribution is 8.01. The summed E-state index contributed by atoms with van der Waals surface area (Å²) in [7, 11) is 0. The van der Waals surface area contributed by atoms with Crippen molar-refractivity contribution < 1.29 is 37.8 Å². The number of carbonyl (C=O) groups excluding carboxylic acids is 3. The van der Waals surface area contributed by atoms with E-state index in [4.69, 9.17) is 0 Å². The fraction of sp³-hybridized carbons (Fsp3) is 0.323. The number of β-lactam (4-membered cyclic amide) rings is 1. The lowest BCUT2D eigenvalue weighted by Crippen LogP contribution is -2.73. The number of hydrogen-bond acceptors (Lipinski definition) is 6. The highest BCUT2D eigenvalue weighted by Gasteiger charge is 2.65. The first-order chi connectivity index (χ1) is 20.3. The number of amides is 3. The maximum absolute atomic E-state index is 13.7. The summed E-state index contributed by atoms with van der Waals surface area (Å²) in [4.78, 5) is 42.1. The highest BCUT2D eigenvalue weighted by atomic mass is 32.2. The van der Waals surface area contributed by atoms with Crippen LogP contribution in [-0.2, 0) is 28.7 Å². The lowest BCUT2D eigenvalue weighted by Gasteiger charge is -2.52. The molecule has 3 N–H and O–H groups in total. The predicted molar refractivity (Wildman–Crippen MR) is 154 cm³/mol. The van der Waals surface area contributed by atoms with E-state index < -0.39 is 46.6 Å². The van der Waals surface area contributed by atoms with Crippen LogP contribution in [0, 0.1) is 6.92 Å². The van der Waals surface area contributed by atoms with Gasteiger partial charge in [-0.05, 0) is 55.7 Å².